The van der Waals surface area contributed by atoms with Crippen LogP contribution < -0.4 is 4.90 Å². The summed E-state index contributed by atoms with van der Waals surface area (Å²) >= 11 is 1.31. The van der Waals surface area contributed by atoms with Crippen molar-refractivity contribution in [3.05, 3.63) is 100 Å². The number of nitrogens with zero attached hydrogens (tertiary/aromatic N) is 2. The molecule has 170 valence electrons. The third kappa shape index (κ3) is 3.68. The summed E-state index contributed by atoms with van der Waals surface area (Å²) in [5.41, 5.74) is 3.73. The van der Waals surface area contributed by atoms with Crippen molar-refractivity contribution in [2.75, 3.05) is 4.90 Å². The molecule has 7 heteroatoms. The first kappa shape index (κ1) is 22.0. The molecule has 34 heavy (non-hydrogen) atoms. The molecule has 1 aromatic heterocycles. The zero-order chi connectivity index (χ0) is 24.0. The maximum absolute atomic E-state index is 13.7. The molecule has 1 aliphatic rings. The second-order valence-electron chi connectivity index (χ2n) is 8.24. The van der Waals surface area contributed by atoms with Crippen molar-refractivity contribution >= 4 is 44.1 Å². The number of rotatable bonds is 4. The van der Waals surface area contributed by atoms with E-state index in [0.29, 0.717) is 16.3 Å². The SMILES string of the molecule is CCc1ccc2nc(N3C(=O)C(=O)/C(=C(/O)c4ccc(C)cc4)C3c3ccc(F)cc3)sc2c1. The van der Waals surface area contributed by atoms with Crippen LogP contribution in [0, 0.1) is 12.7 Å². The lowest BCUT2D eigenvalue weighted by atomic mass is 9.95. The molecule has 1 atom stereocenters. The maximum Gasteiger partial charge on any atom is 0.301 e. The molecule has 5 nitrogen and oxygen atoms in total. The first-order chi connectivity index (χ1) is 16.4. The van der Waals surface area contributed by atoms with E-state index in [-0.39, 0.29) is 11.3 Å². The molecular weight excluding hydrogens is 451 g/mol. The van der Waals surface area contributed by atoms with E-state index in [1.807, 2.05) is 37.3 Å². The average Bonchev–Trinajstić information content (AvgIpc) is 3.37. The Labute approximate surface area is 199 Å². The number of carbonyl (C=O) groups excluding carboxylic acids is 2. The van der Waals surface area contributed by atoms with Crippen LogP contribution in [-0.2, 0) is 16.0 Å². The van der Waals surface area contributed by atoms with Crippen molar-refractivity contribution in [2.24, 2.45) is 0 Å². The number of thiazole rings is 1. The summed E-state index contributed by atoms with van der Waals surface area (Å²) in [5, 5.41) is 11.5. The Morgan fingerprint density at radius 1 is 1.06 bits per heavy atom. The molecule has 0 saturated carbocycles. The molecule has 0 bridgehead atoms. The molecule has 0 radical (unpaired) electrons. The highest BCUT2D eigenvalue weighted by Crippen LogP contribution is 2.44. The number of aliphatic hydroxyl groups excluding tert-OH is 1. The number of Topliss-reactive ketones (excluding diaryl/α,β-unsaturated/α-hetero) is 1. The number of aliphatic hydroxyl groups is 1. The van der Waals surface area contributed by atoms with Gasteiger partial charge >= 0.3 is 5.91 Å². The highest BCUT2D eigenvalue weighted by atomic mass is 32.1. The summed E-state index contributed by atoms with van der Waals surface area (Å²) in [4.78, 5) is 32.4. The van der Waals surface area contributed by atoms with Gasteiger partial charge in [-0.3, -0.25) is 14.5 Å². The molecule has 2 heterocycles. The Bertz CT molecular complexity index is 1460. The summed E-state index contributed by atoms with van der Waals surface area (Å²) in [6.45, 7) is 3.97. The summed E-state index contributed by atoms with van der Waals surface area (Å²) in [6, 6.07) is 17.6. The molecule has 0 spiro atoms. The number of halogens is 1. The predicted molar refractivity (Wildman–Crippen MR) is 131 cm³/mol. The van der Waals surface area contributed by atoms with Gasteiger partial charge in [0.25, 0.3) is 5.78 Å². The lowest BCUT2D eigenvalue weighted by Crippen LogP contribution is -2.29. The molecule has 0 aliphatic carbocycles. The molecule has 1 unspecified atom stereocenters. The number of hydrogen-bond acceptors (Lipinski definition) is 5. The monoisotopic (exact) mass is 472 g/mol. The third-order valence-corrected chi connectivity index (χ3v) is 7.03. The zero-order valence-corrected chi connectivity index (χ0v) is 19.4. The smallest absolute Gasteiger partial charge is 0.301 e. The minimum atomic E-state index is -0.937. The van der Waals surface area contributed by atoms with Gasteiger partial charge in [-0.15, -0.1) is 0 Å². The first-order valence-electron chi connectivity index (χ1n) is 10.9. The van der Waals surface area contributed by atoms with Crippen LogP contribution >= 0.6 is 11.3 Å². The fraction of sp³-hybridized carbons (Fsp3) is 0.148. The number of amides is 1. The van der Waals surface area contributed by atoms with Gasteiger partial charge in [0.2, 0.25) is 0 Å². The fourth-order valence-electron chi connectivity index (χ4n) is 4.14. The van der Waals surface area contributed by atoms with E-state index in [1.165, 1.54) is 40.5 Å². The number of anilines is 1. The van der Waals surface area contributed by atoms with Crippen LogP contribution in [-0.4, -0.2) is 21.8 Å². The number of carbonyl (C=O) groups is 2. The Morgan fingerprint density at radius 2 is 1.76 bits per heavy atom. The Balaban J connectivity index is 1.71. The van der Waals surface area contributed by atoms with E-state index in [0.717, 1.165) is 27.8 Å². The number of benzene rings is 3. The Morgan fingerprint density at radius 3 is 2.44 bits per heavy atom. The molecule has 3 aromatic carbocycles. The van der Waals surface area contributed by atoms with E-state index in [9.17, 15) is 19.1 Å². The number of hydrogen-bond donors (Lipinski definition) is 1. The van der Waals surface area contributed by atoms with Crippen LogP contribution in [0.25, 0.3) is 16.0 Å². The van der Waals surface area contributed by atoms with Crippen LogP contribution in [0.2, 0.25) is 0 Å². The molecular formula is C27H21FN2O3S. The van der Waals surface area contributed by atoms with Crippen molar-refractivity contribution in [1.29, 1.82) is 0 Å². The van der Waals surface area contributed by atoms with Crippen molar-refractivity contribution in [3.8, 4) is 0 Å². The van der Waals surface area contributed by atoms with E-state index >= 15 is 0 Å². The highest BCUT2D eigenvalue weighted by molar-refractivity contribution is 7.22. The average molecular weight is 473 g/mol. The normalized spacial score (nSPS) is 17.6. The predicted octanol–water partition coefficient (Wildman–Crippen LogP) is 5.93. The fourth-order valence-corrected chi connectivity index (χ4v) is 5.19. The van der Waals surface area contributed by atoms with E-state index in [2.05, 4.69) is 11.9 Å². The van der Waals surface area contributed by atoms with E-state index in [1.54, 1.807) is 12.1 Å². The van der Waals surface area contributed by atoms with Gasteiger partial charge in [0, 0.05) is 5.56 Å². The summed E-state index contributed by atoms with van der Waals surface area (Å²) < 4.78 is 14.6. The van der Waals surface area contributed by atoms with Crippen LogP contribution in [0.3, 0.4) is 0 Å². The Kier molecular flexibility index (Phi) is 5.49. The lowest BCUT2D eigenvalue weighted by Gasteiger charge is -2.23. The van der Waals surface area contributed by atoms with Gasteiger partial charge in [-0.05, 0) is 48.7 Å². The van der Waals surface area contributed by atoms with Crippen molar-refractivity contribution in [3.63, 3.8) is 0 Å². The maximum atomic E-state index is 13.7. The lowest BCUT2D eigenvalue weighted by molar-refractivity contribution is -0.132. The summed E-state index contributed by atoms with van der Waals surface area (Å²) in [6.07, 6.45) is 0.861. The largest absolute Gasteiger partial charge is 0.507 e. The van der Waals surface area contributed by atoms with Gasteiger partial charge in [-0.1, -0.05) is 66.3 Å². The van der Waals surface area contributed by atoms with Gasteiger partial charge in [-0.25, -0.2) is 9.37 Å². The van der Waals surface area contributed by atoms with Gasteiger partial charge in [0.05, 0.1) is 21.8 Å². The first-order valence-corrected chi connectivity index (χ1v) is 11.7. The molecule has 5 rings (SSSR count). The van der Waals surface area contributed by atoms with Crippen LogP contribution in [0.1, 0.15) is 35.2 Å². The molecule has 1 amide bonds. The zero-order valence-electron chi connectivity index (χ0n) is 18.6. The quantitative estimate of drug-likeness (QED) is 0.227. The van der Waals surface area contributed by atoms with Gasteiger partial charge in [0.1, 0.15) is 11.6 Å². The van der Waals surface area contributed by atoms with Crippen molar-refractivity contribution < 1.29 is 19.1 Å². The number of aromatic nitrogens is 1. The standard InChI is InChI=1S/C27H21FN2O3S/c1-3-16-6-13-20-21(14-16)34-27(29-20)30-23(17-9-11-19(28)12-10-17)22(25(32)26(30)33)24(31)18-7-4-15(2)5-8-18/h4-14,23,31H,3H2,1-2H3/b24-22+. The summed E-state index contributed by atoms with van der Waals surface area (Å²) in [7, 11) is 0. The topological polar surface area (TPSA) is 70.5 Å². The van der Waals surface area contributed by atoms with Crippen LogP contribution in [0.15, 0.2) is 72.3 Å². The van der Waals surface area contributed by atoms with Gasteiger partial charge in [-0.2, -0.15) is 0 Å². The number of ketones is 1. The minimum Gasteiger partial charge on any atom is -0.507 e. The molecule has 1 saturated heterocycles. The molecule has 4 aromatic rings. The number of fused-ring (bicyclic) bond motifs is 1. The molecule has 1 fully saturated rings. The van der Waals surface area contributed by atoms with Crippen molar-refractivity contribution in [2.45, 2.75) is 26.3 Å². The minimum absolute atomic E-state index is 0.0473. The Hall–Kier alpha value is -3.84. The van der Waals surface area contributed by atoms with Crippen LogP contribution in [0.5, 0.6) is 0 Å². The van der Waals surface area contributed by atoms with Crippen LogP contribution in [0.4, 0.5) is 9.52 Å². The number of aryl methyl sites for hydroxylation is 2. The van der Waals surface area contributed by atoms with Gasteiger partial charge in [0.15, 0.2) is 5.13 Å². The van der Waals surface area contributed by atoms with E-state index < -0.39 is 23.5 Å². The van der Waals surface area contributed by atoms with Gasteiger partial charge < -0.3 is 5.11 Å². The second-order valence-corrected chi connectivity index (χ2v) is 9.25. The molecule has 1 N–H and O–H groups in total. The summed E-state index contributed by atoms with van der Waals surface area (Å²) in [5.74, 6) is -2.30. The second kappa shape index (κ2) is 8.50. The molecule has 1 aliphatic heterocycles. The van der Waals surface area contributed by atoms with E-state index in [4.69, 9.17) is 0 Å². The highest BCUT2D eigenvalue weighted by Gasteiger charge is 2.48. The third-order valence-electron chi connectivity index (χ3n) is 6.01. The van der Waals surface area contributed by atoms with Crippen molar-refractivity contribution in [1.82, 2.24) is 4.98 Å².